The van der Waals surface area contributed by atoms with E-state index >= 15 is 0 Å². The fourth-order valence-corrected chi connectivity index (χ4v) is 5.87. The average molecular weight is 434 g/mol. The van der Waals surface area contributed by atoms with Gasteiger partial charge in [0.25, 0.3) is 5.91 Å². The van der Waals surface area contributed by atoms with Crippen molar-refractivity contribution < 1.29 is 9.53 Å². The third-order valence-electron chi connectivity index (χ3n) is 7.63. The van der Waals surface area contributed by atoms with Crippen molar-refractivity contribution in [3.05, 3.63) is 53.7 Å². The second kappa shape index (κ2) is 8.26. The lowest BCUT2D eigenvalue weighted by Crippen LogP contribution is -2.59. The number of H-pyrrole nitrogens is 1. The second-order valence-electron chi connectivity index (χ2n) is 9.38. The van der Waals surface area contributed by atoms with Crippen LogP contribution in [0.3, 0.4) is 0 Å². The highest BCUT2D eigenvalue weighted by Gasteiger charge is 2.48. The topological polar surface area (TPSA) is 66.2 Å². The van der Waals surface area contributed by atoms with Crippen LogP contribution in [0.25, 0.3) is 10.9 Å². The number of methoxy groups -OCH3 is 1. The fraction of sp³-hybridized carbons (Fsp3) is 0.423. The molecule has 1 amide bonds. The van der Waals surface area contributed by atoms with Crippen molar-refractivity contribution in [1.29, 1.82) is 0 Å². The molecule has 3 unspecified atom stereocenters. The molecule has 2 aliphatic rings. The summed E-state index contributed by atoms with van der Waals surface area (Å²) in [5, 5.41) is 7.63. The van der Waals surface area contributed by atoms with E-state index < -0.39 is 0 Å². The number of aromatic nitrogens is 1. The lowest BCUT2D eigenvalue weighted by molar-refractivity contribution is 0.102. The number of hydrogen-bond donors (Lipinski definition) is 3. The van der Waals surface area contributed by atoms with Gasteiger partial charge in [-0.2, -0.15) is 0 Å². The van der Waals surface area contributed by atoms with Gasteiger partial charge in [-0.25, -0.2) is 0 Å². The van der Waals surface area contributed by atoms with Gasteiger partial charge in [-0.05, 0) is 49.7 Å². The molecule has 6 nitrogen and oxygen atoms in total. The van der Waals surface area contributed by atoms with Gasteiger partial charge in [0.15, 0.2) is 0 Å². The maximum atomic E-state index is 13.0. The lowest BCUT2D eigenvalue weighted by Gasteiger charge is -2.43. The first-order valence-electron chi connectivity index (χ1n) is 11.7. The number of aromatic amines is 1. The Labute approximate surface area is 189 Å². The molecule has 2 aromatic carbocycles. The molecule has 3 aromatic rings. The van der Waals surface area contributed by atoms with E-state index in [0.717, 1.165) is 45.5 Å². The van der Waals surface area contributed by atoms with Crippen LogP contribution in [-0.2, 0) is 0 Å². The number of fused-ring (bicyclic) bond motifs is 1. The maximum Gasteiger partial charge on any atom is 0.272 e. The smallest absolute Gasteiger partial charge is 0.272 e. The third-order valence-corrected chi connectivity index (χ3v) is 7.63. The molecule has 0 aliphatic carbocycles. The number of nitrogens with one attached hydrogen (secondary N) is 3. The van der Waals surface area contributed by atoms with Gasteiger partial charge in [-0.1, -0.05) is 0 Å². The largest absolute Gasteiger partial charge is 0.497 e. The van der Waals surface area contributed by atoms with Crippen molar-refractivity contribution in [3.8, 4) is 5.75 Å². The van der Waals surface area contributed by atoms with Crippen molar-refractivity contribution in [3.63, 3.8) is 0 Å². The van der Waals surface area contributed by atoms with E-state index in [2.05, 4.69) is 47.7 Å². The predicted molar refractivity (Wildman–Crippen MR) is 131 cm³/mol. The zero-order chi connectivity index (χ0) is 22.3. The van der Waals surface area contributed by atoms with Gasteiger partial charge >= 0.3 is 0 Å². The lowest BCUT2D eigenvalue weighted by atomic mass is 10.0. The van der Waals surface area contributed by atoms with E-state index in [9.17, 15) is 4.79 Å². The number of amides is 1. The molecule has 0 radical (unpaired) electrons. The predicted octanol–water partition coefficient (Wildman–Crippen LogP) is 4.59. The van der Waals surface area contributed by atoms with E-state index in [4.69, 9.17) is 4.74 Å². The number of likely N-dealkylation sites (tertiary alicyclic amines) is 1. The standard InChI is InChI=1S/C26H32N4O2/c1-17-13-20(30(12-4-5-18(30)2)21-10-11-27-16-21)6-8-23(17)29-26(31)25-15-19-14-22(32-3)7-9-24(19)28-25/h6-9,13-15,18,21,27H,4-5,10-12,16H2,1-3H3,(H-,28,29,31)/p+1. The van der Waals surface area contributed by atoms with E-state index in [1.54, 1.807) is 7.11 Å². The number of benzene rings is 2. The summed E-state index contributed by atoms with van der Waals surface area (Å²) in [6.07, 6.45) is 3.78. The number of nitrogens with zero attached hydrogens (tertiary/aromatic N) is 1. The molecular weight excluding hydrogens is 400 g/mol. The number of quaternary nitrogens is 1. The molecule has 2 fully saturated rings. The molecular formula is C26H33N4O2+. The number of ether oxygens (including phenoxy) is 1. The highest BCUT2D eigenvalue weighted by atomic mass is 16.5. The highest BCUT2D eigenvalue weighted by molar-refractivity contribution is 6.06. The van der Waals surface area contributed by atoms with E-state index in [1.165, 1.54) is 31.5 Å². The van der Waals surface area contributed by atoms with Gasteiger partial charge in [-0.15, -0.1) is 0 Å². The van der Waals surface area contributed by atoms with E-state index in [1.807, 2.05) is 24.3 Å². The van der Waals surface area contributed by atoms with Crippen LogP contribution in [0.4, 0.5) is 11.4 Å². The molecule has 3 atom stereocenters. The van der Waals surface area contributed by atoms with Gasteiger partial charge in [-0.3, -0.25) is 9.28 Å². The zero-order valence-corrected chi connectivity index (χ0v) is 19.2. The van der Waals surface area contributed by atoms with Gasteiger partial charge in [0, 0.05) is 61.1 Å². The Hall–Kier alpha value is -2.83. The van der Waals surface area contributed by atoms with Crippen LogP contribution in [0, 0.1) is 6.92 Å². The first-order valence-corrected chi connectivity index (χ1v) is 11.7. The first-order chi connectivity index (χ1) is 15.5. The van der Waals surface area contributed by atoms with Crippen LogP contribution in [0.5, 0.6) is 5.75 Å². The molecule has 2 saturated heterocycles. The monoisotopic (exact) mass is 433 g/mol. The summed E-state index contributed by atoms with van der Waals surface area (Å²) in [4.78, 5) is 16.2. The molecule has 0 spiro atoms. The molecule has 5 rings (SSSR count). The Morgan fingerprint density at radius 1 is 1.16 bits per heavy atom. The highest BCUT2D eigenvalue weighted by Crippen LogP contribution is 2.40. The summed E-state index contributed by atoms with van der Waals surface area (Å²) in [6, 6.07) is 15.5. The molecule has 32 heavy (non-hydrogen) atoms. The van der Waals surface area contributed by atoms with Crippen LogP contribution in [0.1, 0.15) is 42.2 Å². The molecule has 6 heteroatoms. The quantitative estimate of drug-likeness (QED) is 0.516. The van der Waals surface area contributed by atoms with Gasteiger partial charge < -0.3 is 20.4 Å². The number of aryl methyl sites for hydroxylation is 1. The third kappa shape index (κ3) is 3.48. The summed E-state index contributed by atoms with van der Waals surface area (Å²) in [7, 11) is 1.65. The van der Waals surface area contributed by atoms with Crippen LogP contribution in [0.15, 0.2) is 42.5 Å². The molecule has 3 N–H and O–H groups in total. The van der Waals surface area contributed by atoms with Crippen LogP contribution in [0.2, 0.25) is 0 Å². The molecule has 3 heterocycles. The molecule has 0 saturated carbocycles. The molecule has 1 aromatic heterocycles. The van der Waals surface area contributed by atoms with Crippen molar-refractivity contribution in [2.24, 2.45) is 0 Å². The summed E-state index contributed by atoms with van der Waals surface area (Å²) < 4.78 is 6.36. The molecule has 168 valence electrons. The number of carbonyl (C=O) groups excluding carboxylic acids is 1. The van der Waals surface area contributed by atoms with Gasteiger partial charge in [0.05, 0.1) is 19.7 Å². The summed E-state index contributed by atoms with van der Waals surface area (Å²) in [6.45, 7) is 7.91. The van der Waals surface area contributed by atoms with Crippen molar-refractivity contribution in [2.75, 3.05) is 32.1 Å². The normalized spacial score (nSPS) is 25.3. The van der Waals surface area contributed by atoms with Crippen molar-refractivity contribution in [1.82, 2.24) is 14.8 Å². The van der Waals surface area contributed by atoms with Crippen LogP contribution in [-0.4, -0.2) is 49.7 Å². The SMILES string of the molecule is COc1ccc2[nH]c(C(=O)Nc3ccc([N+]4(C5CCNC5)CCCC4C)cc3C)cc2c1. The van der Waals surface area contributed by atoms with Crippen molar-refractivity contribution >= 4 is 28.2 Å². The summed E-state index contributed by atoms with van der Waals surface area (Å²) >= 11 is 0. The Morgan fingerprint density at radius 2 is 2.03 bits per heavy atom. The number of anilines is 1. The van der Waals surface area contributed by atoms with E-state index in [0.29, 0.717) is 17.8 Å². The summed E-state index contributed by atoms with van der Waals surface area (Å²) in [5.74, 6) is 0.648. The van der Waals surface area contributed by atoms with E-state index in [-0.39, 0.29) is 5.91 Å². The van der Waals surface area contributed by atoms with Crippen molar-refractivity contribution in [2.45, 2.75) is 45.2 Å². The Balaban J connectivity index is 1.40. The number of rotatable bonds is 5. The molecule has 0 bridgehead atoms. The zero-order valence-electron chi connectivity index (χ0n) is 19.2. The van der Waals surface area contributed by atoms with Crippen LogP contribution < -0.4 is 19.9 Å². The Kier molecular flexibility index (Phi) is 5.43. The second-order valence-corrected chi connectivity index (χ2v) is 9.38. The molecule has 2 aliphatic heterocycles. The Morgan fingerprint density at radius 3 is 2.72 bits per heavy atom. The first kappa shape index (κ1) is 21.0. The average Bonchev–Trinajstić information content (AvgIpc) is 3.54. The number of carbonyl (C=O) groups is 1. The minimum Gasteiger partial charge on any atom is -0.497 e. The Bertz CT molecular complexity index is 1150. The number of hydrogen-bond acceptors (Lipinski definition) is 3. The fourth-order valence-electron chi connectivity index (χ4n) is 5.87. The van der Waals surface area contributed by atoms with Crippen LogP contribution >= 0.6 is 0 Å². The van der Waals surface area contributed by atoms with Gasteiger partial charge in [0.1, 0.15) is 23.2 Å². The maximum absolute atomic E-state index is 13.0. The van der Waals surface area contributed by atoms with Gasteiger partial charge in [0.2, 0.25) is 0 Å². The minimum absolute atomic E-state index is 0.130. The minimum atomic E-state index is -0.130. The summed E-state index contributed by atoms with van der Waals surface area (Å²) in [5.41, 5.74) is 4.82.